The van der Waals surface area contributed by atoms with Crippen molar-refractivity contribution in [2.75, 3.05) is 5.75 Å². The zero-order chi connectivity index (χ0) is 19.3. The lowest BCUT2D eigenvalue weighted by molar-refractivity contribution is -0.144. The summed E-state index contributed by atoms with van der Waals surface area (Å²) in [5.41, 5.74) is -0.676. The van der Waals surface area contributed by atoms with Crippen LogP contribution < -0.4 is 5.32 Å². The molecule has 1 aliphatic rings. The number of hydrogen-bond acceptors (Lipinski definition) is 6. The predicted molar refractivity (Wildman–Crippen MR) is 91.3 cm³/mol. The highest BCUT2D eigenvalue weighted by Crippen LogP contribution is 2.36. The number of nitrogens with one attached hydrogen (secondary N) is 1. The number of rotatable bonds is 10. The Bertz CT molecular complexity index is 573. The Labute approximate surface area is 149 Å². The lowest BCUT2D eigenvalue weighted by atomic mass is 9.79. The van der Waals surface area contributed by atoms with Crippen molar-refractivity contribution in [1.82, 2.24) is 5.32 Å². The molecule has 0 aromatic carbocycles. The van der Waals surface area contributed by atoms with Crippen molar-refractivity contribution in [2.45, 2.75) is 78.2 Å². The Hall–Kier alpha value is -1.19. The van der Waals surface area contributed by atoms with Crippen molar-refractivity contribution in [3.05, 3.63) is 0 Å². The molecule has 9 heteroatoms. The van der Waals surface area contributed by atoms with Crippen LogP contribution >= 0.6 is 0 Å². The normalized spacial score (nSPS) is 22.5. The van der Waals surface area contributed by atoms with E-state index in [4.69, 9.17) is 14.0 Å². The summed E-state index contributed by atoms with van der Waals surface area (Å²) in [4.78, 5) is 23.5. The standard InChI is InChI=1S/C16H29NO7S/c1-5-6-7-13-23-14(15(19)24-13)16(3,4)10-12(17-11(2)18)8-9-25(20,21)22/h12-14H,5-10H2,1-4H3,(H,17,18)(H,20,21,22)/t12?,13?,14-/m0/s1. The van der Waals surface area contributed by atoms with Gasteiger partial charge in [0.05, 0.1) is 5.75 Å². The molecule has 0 saturated carbocycles. The second-order valence-corrected chi connectivity index (χ2v) is 8.76. The molecule has 1 aliphatic heterocycles. The molecule has 2 unspecified atom stereocenters. The maximum atomic E-state index is 12.1. The number of carbonyl (C=O) groups excluding carboxylic acids is 2. The second-order valence-electron chi connectivity index (χ2n) is 7.19. The molecule has 0 aromatic rings. The van der Waals surface area contributed by atoms with Crippen LogP contribution in [0.4, 0.5) is 0 Å². The van der Waals surface area contributed by atoms with E-state index in [1.807, 2.05) is 20.8 Å². The van der Waals surface area contributed by atoms with E-state index in [9.17, 15) is 18.0 Å². The van der Waals surface area contributed by atoms with E-state index >= 15 is 0 Å². The van der Waals surface area contributed by atoms with Gasteiger partial charge in [-0.1, -0.05) is 27.2 Å². The molecular formula is C16H29NO7S. The van der Waals surface area contributed by atoms with E-state index in [-0.39, 0.29) is 12.3 Å². The molecule has 1 heterocycles. The Kier molecular flexibility index (Phi) is 7.83. The molecule has 2 N–H and O–H groups in total. The van der Waals surface area contributed by atoms with Crippen molar-refractivity contribution < 1.29 is 32.0 Å². The van der Waals surface area contributed by atoms with Crippen molar-refractivity contribution in [2.24, 2.45) is 5.41 Å². The summed E-state index contributed by atoms with van der Waals surface area (Å²) in [6.07, 6.45) is 1.49. The van der Waals surface area contributed by atoms with E-state index in [0.717, 1.165) is 12.8 Å². The Balaban J connectivity index is 2.76. The molecular weight excluding hydrogens is 350 g/mol. The molecule has 8 nitrogen and oxygen atoms in total. The van der Waals surface area contributed by atoms with Gasteiger partial charge in [0.2, 0.25) is 12.2 Å². The first-order chi connectivity index (χ1) is 11.4. The van der Waals surface area contributed by atoms with Crippen LogP contribution in [-0.2, 0) is 29.2 Å². The van der Waals surface area contributed by atoms with Crippen molar-refractivity contribution in [3.63, 3.8) is 0 Å². The molecule has 3 atom stereocenters. The molecule has 0 radical (unpaired) electrons. The molecule has 0 aliphatic carbocycles. The summed E-state index contributed by atoms with van der Waals surface area (Å²) in [6, 6.07) is -0.513. The first kappa shape index (κ1) is 21.9. The molecule has 1 rings (SSSR count). The second kappa shape index (κ2) is 8.95. The monoisotopic (exact) mass is 379 g/mol. The molecule has 1 amide bonds. The van der Waals surface area contributed by atoms with Gasteiger partial charge in [0.25, 0.3) is 10.1 Å². The zero-order valence-electron chi connectivity index (χ0n) is 15.3. The lowest BCUT2D eigenvalue weighted by Gasteiger charge is -2.32. The first-order valence-corrected chi connectivity index (χ1v) is 10.1. The van der Waals surface area contributed by atoms with Crippen LogP contribution in [0.25, 0.3) is 0 Å². The van der Waals surface area contributed by atoms with Crippen LogP contribution in [0.3, 0.4) is 0 Å². The van der Waals surface area contributed by atoms with Gasteiger partial charge in [-0.05, 0) is 19.3 Å². The van der Waals surface area contributed by atoms with Crippen LogP contribution in [0, 0.1) is 5.41 Å². The third-order valence-electron chi connectivity index (χ3n) is 4.16. The van der Waals surface area contributed by atoms with Gasteiger partial charge >= 0.3 is 5.97 Å². The molecule has 25 heavy (non-hydrogen) atoms. The third kappa shape index (κ3) is 7.70. The highest BCUT2D eigenvalue weighted by atomic mass is 32.2. The first-order valence-electron chi connectivity index (χ1n) is 8.53. The fourth-order valence-electron chi connectivity index (χ4n) is 2.97. The van der Waals surface area contributed by atoms with Gasteiger partial charge in [-0.3, -0.25) is 9.35 Å². The fourth-order valence-corrected chi connectivity index (χ4v) is 3.56. The number of carbonyl (C=O) groups is 2. The summed E-state index contributed by atoms with van der Waals surface area (Å²) < 4.78 is 41.9. The highest BCUT2D eigenvalue weighted by Gasteiger charge is 2.46. The van der Waals surface area contributed by atoms with Crippen LogP contribution in [0.1, 0.15) is 59.8 Å². The molecule has 1 saturated heterocycles. The summed E-state index contributed by atoms with van der Waals surface area (Å²) in [5, 5.41) is 2.67. The molecule has 0 spiro atoms. The van der Waals surface area contributed by atoms with Gasteiger partial charge in [0.15, 0.2) is 6.10 Å². The average molecular weight is 379 g/mol. The van der Waals surface area contributed by atoms with Crippen LogP contribution in [0.2, 0.25) is 0 Å². The van der Waals surface area contributed by atoms with E-state index in [2.05, 4.69) is 5.32 Å². The number of ether oxygens (including phenoxy) is 2. The largest absolute Gasteiger partial charge is 0.434 e. The van der Waals surface area contributed by atoms with Crippen LogP contribution in [0.15, 0.2) is 0 Å². The maximum Gasteiger partial charge on any atom is 0.338 e. The minimum absolute atomic E-state index is 0.0445. The zero-order valence-corrected chi connectivity index (χ0v) is 16.1. The number of unbranched alkanes of at least 4 members (excludes halogenated alkanes) is 1. The van der Waals surface area contributed by atoms with Gasteiger partial charge in [0.1, 0.15) is 0 Å². The number of esters is 1. The van der Waals surface area contributed by atoms with E-state index in [1.54, 1.807) is 0 Å². The summed E-state index contributed by atoms with van der Waals surface area (Å²) >= 11 is 0. The lowest BCUT2D eigenvalue weighted by Crippen LogP contribution is -2.43. The van der Waals surface area contributed by atoms with Gasteiger partial charge in [-0.25, -0.2) is 4.79 Å². The minimum Gasteiger partial charge on any atom is -0.434 e. The number of cyclic esters (lactones) is 1. The van der Waals surface area contributed by atoms with E-state index in [1.165, 1.54) is 6.92 Å². The summed E-state index contributed by atoms with van der Waals surface area (Å²) in [7, 11) is -4.13. The Morgan fingerprint density at radius 3 is 2.56 bits per heavy atom. The van der Waals surface area contributed by atoms with Gasteiger partial charge in [0, 0.05) is 24.8 Å². The number of hydrogen-bond donors (Lipinski definition) is 2. The topological polar surface area (TPSA) is 119 Å². The van der Waals surface area contributed by atoms with E-state index < -0.39 is 45.7 Å². The predicted octanol–water partition coefficient (Wildman–Crippen LogP) is 1.64. The Morgan fingerprint density at radius 2 is 2.04 bits per heavy atom. The van der Waals surface area contributed by atoms with Crippen LogP contribution in [0.5, 0.6) is 0 Å². The maximum absolute atomic E-state index is 12.1. The number of amides is 1. The van der Waals surface area contributed by atoms with Crippen molar-refractivity contribution in [1.29, 1.82) is 0 Å². The smallest absolute Gasteiger partial charge is 0.338 e. The molecule has 0 bridgehead atoms. The average Bonchev–Trinajstić information content (AvgIpc) is 2.83. The van der Waals surface area contributed by atoms with Gasteiger partial charge in [-0.15, -0.1) is 0 Å². The molecule has 0 aromatic heterocycles. The quantitative estimate of drug-likeness (QED) is 0.437. The fraction of sp³-hybridized carbons (Fsp3) is 0.875. The highest BCUT2D eigenvalue weighted by molar-refractivity contribution is 7.85. The van der Waals surface area contributed by atoms with Gasteiger partial charge < -0.3 is 14.8 Å². The summed E-state index contributed by atoms with van der Waals surface area (Å²) in [5.74, 6) is -1.22. The van der Waals surface area contributed by atoms with Gasteiger partial charge in [-0.2, -0.15) is 8.42 Å². The SMILES string of the molecule is CCCCC1OC(=O)[C@@H](C(C)(C)CC(CCS(=O)(=O)O)NC(C)=O)O1. The minimum atomic E-state index is -4.13. The van der Waals surface area contributed by atoms with Crippen molar-refractivity contribution >= 4 is 22.0 Å². The third-order valence-corrected chi connectivity index (χ3v) is 4.91. The summed E-state index contributed by atoms with van der Waals surface area (Å²) in [6.45, 7) is 6.98. The Morgan fingerprint density at radius 1 is 1.40 bits per heavy atom. The van der Waals surface area contributed by atoms with Crippen LogP contribution in [-0.4, -0.2) is 49.0 Å². The van der Waals surface area contributed by atoms with Crippen molar-refractivity contribution in [3.8, 4) is 0 Å². The van der Waals surface area contributed by atoms with E-state index in [0.29, 0.717) is 12.8 Å². The molecule has 146 valence electrons. The molecule has 1 fully saturated rings.